The fraction of sp³-hybridized carbons (Fsp3) is 0.312. The highest BCUT2D eigenvalue weighted by molar-refractivity contribution is 5.90. The smallest absolute Gasteiger partial charge is 0.326 e. The molecule has 0 saturated heterocycles. The van der Waals surface area contributed by atoms with Gasteiger partial charge in [0.2, 0.25) is 5.91 Å². The molecule has 0 radical (unpaired) electrons. The normalized spacial score (nSPS) is 11.8. The highest BCUT2D eigenvalue weighted by Crippen LogP contribution is 2.18. The summed E-state index contributed by atoms with van der Waals surface area (Å²) < 4.78 is 0. The number of carbonyl (C=O) groups is 2. The number of aromatic amines is 1. The number of aromatic nitrogens is 1. The molecule has 8 heteroatoms. The molecule has 0 aliphatic carbocycles. The molecule has 0 saturated carbocycles. The van der Waals surface area contributed by atoms with E-state index in [0.717, 1.165) is 16.5 Å². The van der Waals surface area contributed by atoms with Crippen LogP contribution in [0.1, 0.15) is 18.4 Å². The molecule has 8 nitrogen and oxygen atoms in total. The predicted octanol–water partition coefficient (Wildman–Crippen LogP) is 0.333. The summed E-state index contributed by atoms with van der Waals surface area (Å²) in [5.41, 5.74) is 12.2. The van der Waals surface area contributed by atoms with E-state index in [-0.39, 0.29) is 24.7 Å². The Morgan fingerprint density at radius 3 is 2.75 bits per heavy atom. The Morgan fingerprint density at radius 1 is 1.29 bits per heavy atom. The number of benzene rings is 1. The average Bonchev–Trinajstić information content (AvgIpc) is 2.93. The van der Waals surface area contributed by atoms with E-state index in [1.807, 2.05) is 24.3 Å². The second-order valence-corrected chi connectivity index (χ2v) is 5.44. The summed E-state index contributed by atoms with van der Waals surface area (Å²) in [7, 11) is 0. The minimum Gasteiger partial charge on any atom is -0.480 e. The molecule has 0 bridgehead atoms. The number of rotatable bonds is 8. The number of nitrogens with zero attached hydrogens (tertiary/aromatic N) is 1. The first-order valence-corrected chi connectivity index (χ1v) is 7.60. The predicted molar refractivity (Wildman–Crippen MR) is 91.5 cm³/mol. The van der Waals surface area contributed by atoms with E-state index < -0.39 is 12.0 Å². The molecule has 1 atom stereocenters. The van der Waals surface area contributed by atoms with Gasteiger partial charge in [-0.15, -0.1) is 0 Å². The number of nitrogens with one attached hydrogen (secondary N) is 2. The van der Waals surface area contributed by atoms with Crippen LogP contribution in [0.25, 0.3) is 10.9 Å². The van der Waals surface area contributed by atoms with Gasteiger partial charge < -0.3 is 26.9 Å². The lowest BCUT2D eigenvalue weighted by atomic mass is 10.1. The van der Waals surface area contributed by atoms with Gasteiger partial charge in [0.05, 0.1) is 6.42 Å². The van der Waals surface area contributed by atoms with Gasteiger partial charge in [0, 0.05) is 23.6 Å². The summed E-state index contributed by atoms with van der Waals surface area (Å²) in [5, 5.41) is 12.7. The van der Waals surface area contributed by atoms with E-state index >= 15 is 0 Å². The number of para-hydroxylation sites is 1. The van der Waals surface area contributed by atoms with Crippen molar-refractivity contribution >= 4 is 28.7 Å². The topological polar surface area (TPSA) is 147 Å². The molecule has 0 aliphatic heterocycles. The van der Waals surface area contributed by atoms with Crippen molar-refractivity contribution in [2.75, 3.05) is 6.54 Å². The number of aliphatic carboxylic acids is 1. The van der Waals surface area contributed by atoms with Crippen molar-refractivity contribution in [2.24, 2.45) is 16.5 Å². The molecule has 0 fully saturated rings. The highest BCUT2D eigenvalue weighted by atomic mass is 16.4. The first kappa shape index (κ1) is 17.3. The number of carboxylic acid groups (broad SMARTS) is 1. The molecule has 7 N–H and O–H groups in total. The number of guanidine groups is 1. The Bertz CT molecular complexity index is 749. The van der Waals surface area contributed by atoms with Gasteiger partial charge in [-0.2, -0.15) is 0 Å². The molecule has 0 spiro atoms. The average molecular weight is 331 g/mol. The van der Waals surface area contributed by atoms with Crippen molar-refractivity contribution in [3.63, 3.8) is 0 Å². The van der Waals surface area contributed by atoms with Crippen molar-refractivity contribution in [1.82, 2.24) is 10.3 Å². The summed E-state index contributed by atoms with van der Waals surface area (Å²) in [6, 6.07) is 6.66. The van der Waals surface area contributed by atoms with Crippen LogP contribution >= 0.6 is 0 Å². The lowest BCUT2D eigenvalue weighted by Crippen LogP contribution is -2.41. The zero-order valence-electron chi connectivity index (χ0n) is 13.2. The summed E-state index contributed by atoms with van der Waals surface area (Å²) >= 11 is 0. The number of hydrogen-bond acceptors (Lipinski definition) is 3. The third kappa shape index (κ3) is 4.73. The van der Waals surface area contributed by atoms with E-state index in [1.165, 1.54) is 0 Å². The Labute approximate surface area is 138 Å². The van der Waals surface area contributed by atoms with Crippen molar-refractivity contribution in [3.05, 3.63) is 36.0 Å². The molecule has 0 aliphatic rings. The molecule has 2 aromatic rings. The second kappa shape index (κ2) is 8.00. The van der Waals surface area contributed by atoms with Crippen LogP contribution in [-0.2, 0) is 16.0 Å². The molecular weight excluding hydrogens is 310 g/mol. The largest absolute Gasteiger partial charge is 0.480 e. The van der Waals surface area contributed by atoms with E-state index in [4.69, 9.17) is 11.5 Å². The maximum atomic E-state index is 12.2. The van der Waals surface area contributed by atoms with Crippen molar-refractivity contribution < 1.29 is 14.7 Å². The Kier molecular flexibility index (Phi) is 5.78. The minimum absolute atomic E-state index is 0.0368. The number of aliphatic imine (C=N–C) groups is 1. The van der Waals surface area contributed by atoms with E-state index in [2.05, 4.69) is 15.3 Å². The van der Waals surface area contributed by atoms with Crippen LogP contribution in [0.4, 0.5) is 0 Å². The van der Waals surface area contributed by atoms with Gasteiger partial charge in [0.25, 0.3) is 0 Å². The number of fused-ring (bicyclic) bond motifs is 1. The number of hydrogen-bond donors (Lipinski definition) is 5. The quantitative estimate of drug-likeness (QED) is 0.269. The summed E-state index contributed by atoms with van der Waals surface area (Å²) in [6.07, 6.45) is 2.59. The first-order valence-electron chi connectivity index (χ1n) is 7.60. The molecule has 1 aromatic carbocycles. The van der Waals surface area contributed by atoms with Gasteiger partial charge >= 0.3 is 5.97 Å². The van der Waals surface area contributed by atoms with E-state index in [0.29, 0.717) is 13.0 Å². The molecule has 128 valence electrons. The number of nitrogens with two attached hydrogens (primary N) is 2. The second-order valence-electron chi connectivity index (χ2n) is 5.44. The van der Waals surface area contributed by atoms with Crippen LogP contribution < -0.4 is 16.8 Å². The van der Waals surface area contributed by atoms with Crippen molar-refractivity contribution in [1.29, 1.82) is 0 Å². The maximum Gasteiger partial charge on any atom is 0.326 e. The molecule has 2 rings (SSSR count). The number of amides is 1. The van der Waals surface area contributed by atoms with Gasteiger partial charge in [-0.05, 0) is 24.5 Å². The van der Waals surface area contributed by atoms with E-state index in [1.54, 1.807) is 6.20 Å². The third-order valence-electron chi connectivity index (χ3n) is 3.60. The van der Waals surface area contributed by atoms with Gasteiger partial charge in [0.1, 0.15) is 6.04 Å². The zero-order valence-corrected chi connectivity index (χ0v) is 13.2. The Hall–Kier alpha value is -3.03. The lowest BCUT2D eigenvalue weighted by molar-refractivity contribution is -0.141. The molecule has 1 heterocycles. The highest BCUT2D eigenvalue weighted by Gasteiger charge is 2.20. The molecule has 24 heavy (non-hydrogen) atoms. The van der Waals surface area contributed by atoms with Crippen LogP contribution in [0.3, 0.4) is 0 Å². The summed E-state index contributed by atoms with van der Waals surface area (Å²) in [5.74, 6) is -1.45. The van der Waals surface area contributed by atoms with Gasteiger partial charge in [-0.3, -0.25) is 9.79 Å². The lowest BCUT2D eigenvalue weighted by Gasteiger charge is -2.13. The number of H-pyrrole nitrogens is 1. The van der Waals surface area contributed by atoms with E-state index in [9.17, 15) is 14.7 Å². The number of carboxylic acids is 1. The van der Waals surface area contributed by atoms with Crippen molar-refractivity contribution in [2.45, 2.75) is 25.3 Å². The fourth-order valence-corrected chi connectivity index (χ4v) is 2.46. The third-order valence-corrected chi connectivity index (χ3v) is 3.60. The van der Waals surface area contributed by atoms with Crippen LogP contribution in [-0.4, -0.2) is 40.5 Å². The van der Waals surface area contributed by atoms with Crippen LogP contribution in [0, 0.1) is 0 Å². The van der Waals surface area contributed by atoms with Crippen LogP contribution in [0.15, 0.2) is 35.5 Å². The maximum absolute atomic E-state index is 12.2. The van der Waals surface area contributed by atoms with Crippen LogP contribution in [0.5, 0.6) is 0 Å². The Balaban J connectivity index is 1.93. The monoisotopic (exact) mass is 331 g/mol. The Morgan fingerprint density at radius 2 is 2.04 bits per heavy atom. The molecule has 0 unspecified atom stereocenters. The van der Waals surface area contributed by atoms with Gasteiger partial charge in [-0.25, -0.2) is 4.79 Å². The molecular formula is C16H21N5O3. The molecule has 1 aromatic heterocycles. The SMILES string of the molecule is NC(N)=NCCC[C@@H](NC(=O)Cc1c[nH]c2ccccc12)C(=O)O. The fourth-order valence-electron chi connectivity index (χ4n) is 2.46. The van der Waals surface area contributed by atoms with Crippen LogP contribution in [0.2, 0.25) is 0 Å². The van der Waals surface area contributed by atoms with Gasteiger partial charge in [0.15, 0.2) is 5.96 Å². The standard InChI is InChI=1S/C16H21N5O3/c17-16(18)19-7-3-6-13(15(23)24)21-14(22)8-10-9-20-12-5-2-1-4-11(10)12/h1-2,4-5,9,13,20H,3,6-8H2,(H,21,22)(H,23,24)(H4,17,18,19)/t13-/m1/s1. The summed E-state index contributed by atoms with van der Waals surface area (Å²) in [4.78, 5) is 30.3. The zero-order chi connectivity index (χ0) is 17.5. The first-order chi connectivity index (χ1) is 11.5. The summed E-state index contributed by atoms with van der Waals surface area (Å²) in [6.45, 7) is 0.324. The number of carbonyl (C=O) groups excluding carboxylic acids is 1. The molecule has 1 amide bonds. The van der Waals surface area contributed by atoms with Crippen molar-refractivity contribution in [3.8, 4) is 0 Å². The van der Waals surface area contributed by atoms with Gasteiger partial charge in [-0.1, -0.05) is 18.2 Å². The minimum atomic E-state index is -1.08.